The lowest BCUT2D eigenvalue weighted by Crippen LogP contribution is -2.53. The third-order valence-corrected chi connectivity index (χ3v) is 9.36. The lowest BCUT2D eigenvalue weighted by atomic mass is 9.76. The minimum absolute atomic E-state index is 0.113. The third kappa shape index (κ3) is 5.81. The largest absolute Gasteiger partial charge is 0.416 e. The van der Waals surface area contributed by atoms with Gasteiger partial charge in [-0.3, -0.25) is 29.3 Å². The Morgan fingerprint density at radius 1 is 1.23 bits per heavy atom. The summed E-state index contributed by atoms with van der Waals surface area (Å²) in [7, 11) is 0. The van der Waals surface area contributed by atoms with Crippen LogP contribution in [0.1, 0.15) is 50.2 Å². The van der Waals surface area contributed by atoms with Crippen molar-refractivity contribution in [2.24, 2.45) is 17.8 Å². The average molecular weight is 626 g/mol. The maximum absolute atomic E-state index is 13.3. The van der Waals surface area contributed by atoms with Gasteiger partial charge in [0.05, 0.1) is 34.0 Å². The van der Waals surface area contributed by atoms with E-state index in [9.17, 15) is 27.6 Å². The molecule has 4 aliphatic rings. The highest BCUT2D eigenvalue weighted by Crippen LogP contribution is 2.41. The van der Waals surface area contributed by atoms with Crippen molar-refractivity contribution in [2.45, 2.75) is 56.8 Å². The predicted molar refractivity (Wildman–Crippen MR) is 157 cm³/mol. The van der Waals surface area contributed by atoms with Gasteiger partial charge in [-0.15, -0.1) is 0 Å². The molecule has 44 heavy (non-hydrogen) atoms. The Morgan fingerprint density at radius 2 is 2.00 bits per heavy atom. The summed E-state index contributed by atoms with van der Waals surface area (Å²) >= 11 is 6.06. The number of alkyl halides is 3. The van der Waals surface area contributed by atoms with E-state index in [1.165, 1.54) is 0 Å². The molecule has 3 heterocycles. The lowest BCUT2D eigenvalue weighted by Gasteiger charge is -2.44. The zero-order valence-corrected chi connectivity index (χ0v) is 24.7. The highest BCUT2D eigenvalue weighted by molar-refractivity contribution is 6.33. The van der Waals surface area contributed by atoms with Crippen LogP contribution in [0.2, 0.25) is 5.02 Å². The smallest absolute Gasteiger partial charge is 0.323 e. The summed E-state index contributed by atoms with van der Waals surface area (Å²) in [5.74, 6) is 5.78. The van der Waals surface area contributed by atoms with E-state index >= 15 is 0 Å². The number of piperidine rings is 1. The van der Waals surface area contributed by atoms with Crippen LogP contribution in [0, 0.1) is 29.6 Å². The lowest BCUT2D eigenvalue weighted by molar-refractivity contribution is -0.138. The average Bonchev–Trinajstić information content (AvgIpc) is 3.37. The molecule has 2 N–H and O–H groups in total. The van der Waals surface area contributed by atoms with E-state index in [0.29, 0.717) is 31.2 Å². The highest BCUT2D eigenvalue weighted by Gasteiger charge is 2.47. The van der Waals surface area contributed by atoms with E-state index in [0.717, 1.165) is 43.3 Å². The molecule has 3 fully saturated rings. The van der Waals surface area contributed by atoms with E-state index in [4.69, 9.17) is 11.6 Å². The predicted octanol–water partition coefficient (Wildman–Crippen LogP) is 4.91. The van der Waals surface area contributed by atoms with Crippen LogP contribution >= 0.6 is 11.6 Å². The summed E-state index contributed by atoms with van der Waals surface area (Å²) < 4.78 is 40.6. The van der Waals surface area contributed by atoms with E-state index in [1.807, 2.05) is 6.08 Å². The highest BCUT2D eigenvalue weighted by atomic mass is 35.5. The monoisotopic (exact) mass is 625 g/mol. The molecule has 2 aromatic rings. The van der Waals surface area contributed by atoms with Gasteiger partial charge in [0.1, 0.15) is 5.54 Å². The van der Waals surface area contributed by atoms with Crippen LogP contribution in [-0.4, -0.2) is 51.5 Å². The maximum Gasteiger partial charge on any atom is 0.416 e. The summed E-state index contributed by atoms with van der Waals surface area (Å²) in [4.78, 5) is 39.4. The van der Waals surface area contributed by atoms with Gasteiger partial charge < -0.3 is 5.32 Å². The number of nitrogens with zero attached hydrogens (tertiary/aromatic N) is 3. The first-order valence-corrected chi connectivity index (χ1v) is 15.0. The number of anilines is 1. The molecule has 0 radical (unpaired) electrons. The van der Waals surface area contributed by atoms with Crippen LogP contribution in [0.5, 0.6) is 0 Å². The van der Waals surface area contributed by atoms with E-state index in [1.54, 1.807) is 17.1 Å². The van der Waals surface area contributed by atoms with Crippen molar-refractivity contribution in [3.63, 3.8) is 0 Å². The van der Waals surface area contributed by atoms with Gasteiger partial charge >= 0.3 is 6.18 Å². The maximum atomic E-state index is 13.3. The fourth-order valence-electron chi connectivity index (χ4n) is 6.30. The minimum atomic E-state index is -4.53. The van der Waals surface area contributed by atoms with Crippen molar-refractivity contribution in [2.75, 3.05) is 18.4 Å². The molecule has 230 valence electrons. The molecule has 2 saturated heterocycles. The van der Waals surface area contributed by atoms with Crippen LogP contribution in [0.25, 0.3) is 0 Å². The van der Waals surface area contributed by atoms with Crippen molar-refractivity contribution < 1.29 is 27.6 Å². The number of benzene rings is 1. The van der Waals surface area contributed by atoms with Crippen LogP contribution in [0.4, 0.5) is 18.9 Å². The first-order valence-electron chi connectivity index (χ1n) is 14.7. The molecular weight excluding hydrogens is 595 g/mol. The number of allylic oxidation sites excluding steroid dienone is 1. The molecule has 8 nitrogen and oxygen atoms in total. The summed E-state index contributed by atoms with van der Waals surface area (Å²) in [6.45, 7) is 3.75. The van der Waals surface area contributed by atoms with E-state index in [2.05, 4.69) is 51.5 Å². The molecule has 1 aromatic heterocycles. The van der Waals surface area contributed by atoms with Crippen molar-refractivity contribution in [1.82, 2.24) is 20.0 Å². The fourth-order valence-corrected chi connectivity index (χ4v) is 6.53. The number of hydrogen-bond acceptors (Lipinski definition) is 5. The molecule has 3 amide bonds. The van der Waals surface area contributed by atoms with Gasteiger partial charge in [-0.1, -0.05) is 48.6 Å². The summed E-state index contributed by atoms with van der Waals surface area (Å²) in [5.41, 5.74) is -0.0828. The SMILES string of the molecule is CC1C=C(C2CCC(=O)NC2=O)C=CC1N1CC(C#Cc2cnn(C3(C(=O)Nc4ccc(C(F)(F)F)cc4Cl)CCC3)c2)C1. The van der Waals surface area contributed by atoms with Gasteiger partial charge in [0.25, 0.3) is 5.91 Å². The molecular formula is C32H31ClF3N5O3. The number of hydrogen-bond donors (Lipinski definition) is 2. The quantitative estimate of drug-likeness (QED) is 0.364. The number of carbonyl (C=O) groups is 3. The molecule has 0 bridgehead atoms. The number of imide groups is 1. The third-order valence-electron chi connectivity index (χ3n) is 9.04. The number of rotatable bonds is 5. The molecule has 12 heteroatoms. The van der Waals surface area contributed by atoms with Crippen LogP contribution in [0.15, 0.2) is 54.4 Å². The molecule has 1 aromatic carbocycles. The van der Waals surface area contributed by atoms with Gasteiger partial charge in [-0.05, 0) is 55.4 Å². The van der Waals surface area contributed by atoms with E-state index in [-0.39, 0.29) is 52.2 Å². The first kappa shape index (κ1) is 30.2. The molecule has 2 aliphatic heterocycles. The Labute approximate surface area is 257 Å². The first-order chi connectivity index (χ1) is 20.9. The summed E-state index contributed by atoms with van der Waals surface area (Å²) in [6.07, 6.45) is 7.89. The van der Waals surface area contributed by atoms with Crippen molar-refractivity contribution in [3.8, 4) is 11.8 Å². The molecule has 0 spiro atoms. The van der Waals surface area contributed by atoms with Gasteiger partial charge in [0, 0.05) is 37.7 Å². The Balaban J connectivity index is 1.05. The number of carbonyl (C=O) groups excluding carboxylic acids is 3. The van der Waals surface area contributed by atoms with Crippen LogP contribution in [-0.2, 0) is 26.1 Å². The molecule has 2 aliphatic carbocycles. The fraction of sp³-hybridized carbons (Fsp3) is 0.438. The number of nitrogens with one attached hydrogen (secondary N) is 2. The molecule has 3 atom stereocenters. The number of halogens is 4. The zero-order chi connectivity index (χ0) is 31.2. The second-order valence-corrected chi connectivity index (χ2v) is 12.4. The molecule has 1 saturated carbocycles. The van der Waals surface area contributed by atoms with E-state index < -0.39 is 17.3 Å². The summed E-state index contributed by atoms with van der Waals surface area (Å²) in [6, 6.07) is 3.06. The van der Waals surface area contributed by atoms with Crippen molar-refractivity contribution in [3.05, 3.63) is 70.5 Å². The Kier molecular flexibility index (Phi) is 7.92. The summed E-state index contributed by atoms with van der Waals surface area (Å²) in [5, 5.41) is 9.35. The second-order valence-electron chi connectivity index (χ2n) is 12.0. The van der Waals surface area contributed by atoms with Gasteiger partial charge in [-0.25, -0.2) is 0 Å². The molecule has 6 rings (SSSR count). The van der Waals surface area contributed by atoms with Gasteiger partial charge in [0.15, 0.2) is 0 Å². The minimum Gasteiger partial charge on any atom is -0.323 e. The van der Waals surface area contributed by atoms with Crippen molar-refractivity contribution >= 4 is 35.0 Å². The van der Waals surface area contributed by atoms with Crippen LogP contribution in [0.3, 0.4) is 0 Å². The van der Waals surface area contributed by atoms with Gasteiger partial charge in [0.2, 0.25) is 11.8 Å². The normalized spacial score (nSPS) is 25.2. The van der Waals surface area contributed by atoms with Crippen LogP contribution < -0.4 is 10.6 Å². The Bertz CT molecular complexity index is 1620. The topological polar surface area (TPSA) is 96.3 Å². The molecule has 3 unspecified atom stereocenters. The zero-order valence-electron chi connectivity index (χ0n) is 24.0. The van der Waals surface area contributed by atoms with Gasteiger partial charge in [-0.2, -0.15) is 18.3 Å². The second kappa shape index (κ2) is 11.6. The number of aromatic nitrogens is 2. The Morgan fingerprint density at radius 3 is 2.64 bits per heavy atom. The van der Waals surface area contributed by atoms with Crippen molar-refractivity contribution in [1.29, 1.82) is 0 Å². The number of likely N-dealkylation sites (tertiary alicyclic amines) is 1. The standard InChI is InChI=1S/C32H31ClF3N5O3/c1-19-13-22(24-7-10-28(42)39-29(24)43)5-9-27(19)40-16-21(17-40)4-3-20-15-37-41(18-20)31(11-2-12-31)30(44)38-26-8-6-23(14-25(26)33)32(34,35)36/h5-6,8-9,13-15,18-19,21,24,27H,2,7,10-12,16-17H2,1H3,(H,38,44)(H,39,42,43). The number of amides is 3. The Hall–Kier alpha value is -3.88.